The Morgan fingerprint density at radius 3 is 2.39 bits per heavy atom. The molecule has 0 spiro atoms. The Labute approximate surface area is 181 Å². The molecule has 0 aliphatic heterocycles. The maximum atomic E-state index is 12.1. The molecule has 6 heteroatoms. The third-order valence-electron chi connectivity index (χ3n) is 4.81. The van der Waals surface area contributed by atoms with Crippen LogP contribution in [-0.4, -0.2) is 24.3 Å². The Hall–Kier alpha value is -3.80. The molecule has 6 nitrogen and oxygen atoms in total. The molecule has 0 unspecified atom stereocenters. The van der Waals surface area contributed by atoms with Crippen molar-refractivity contribution >= 4 is 12.1 Å². The number of benzene rings is 3. The number of carbonyl (C=O) groups is 2. The quantitative estimate of drug-likeness (QED) is 0.552. The number of rotatable bonds is 8. The van der Waals surface area contributed by atoms with E-state index in [4.69, 9.17) is 14.6 Å². The molecule has 0 saturated carbocycles. The highest BCUT2D eigenvalue weighted by atomic mass is 16.5. The summed E-state index contributed by atoms with van der Waals surface area (Å²) in [6, 6.07) is 20.8. The monoisotopic (exact) mass is 419 g/mol. The fraction of sp³-hybridized carbons (Fsp3) is 0.200. The summed E-state index contributed by atoms with van der Waals surface area (Å²) in [6.45, 7) is 2.43. The number of ether oxygens (including phenoxy) is 2. The minimum Gasteiger partial charge on any atom is -0.496 e. The number of carbonyl (C=O) groups excluding carboxylic acids is 1. The summed E-state index contributed by atoms with van der Waals surface area (Å²) < 4.78 is 10.7. The van der Waals surface area contributed by atoms with E-state index in [2.05, 4.69) is 5.32 Å². The van der Waals surface area contributed by atoms with E-state index in [1.807, 2.05) is 67.6 Å². The van der Waals surface area contributed by atoms with Crippen molar-refractivity contribution in [2.45, 2.75) is 26.5 Å². The summed E-state index contributed by atoms with van der Waals surface area (Å²) >= 11 is 0. The molecule has 0 bridgehead atoms. The highest BCUT2D eigenvalue weighted by Gasteiger charge is 2.10. The van der Waals surface area contributed by atoms with Gasteiger partial charge < -0.3 is 19.9 Å². The third-order valence-corrected chi connectivity index (χ3v) is 4.81. The average molecular weight is 419 g/mol. The third kappa shape index (κ3) is 6.34. The molecule has 1 amide bonds. The van der Waals surface area contributed by atoms with Crippen molar-refractivity contribution in [3.8, 4) is 16.9 Å². The van der Waals surface area contributed by atoms with Crippen LogP contribution in [-0.2, 0) is 29.1 Å². The summed E-state index contributed by atoms with van der Waals surface area (Å²) in [6.07, 6.45) is -0.554. The van der Waals surface area contributed by atoms with Crippen LogP contribution >= 0.6 is 0 Å². The van der Waals surface area contributed by atoms with Gasteiger partial charge in [-0.05, 0) is 41.3 Å². The second-order valence-corrected chi connectivity index (χ2v) is 7.21. The largest absolute Gasteiger partial charge is 0.496 e. The zero-order chi connectivity index (χ0) is 22.2. The van der Waals surface area contributed by atoms with Gasteiger partial charge in [-0.1, -0.05) is 60.2 Å². The molecule has 0 radical (unpaired) electrons. The van der Waals surface area contributed by atoms with E-state index in [-0.39, 0.29) is 19.6 Å². The molecular formula is C25H25NO5. The predicted octanol–water partition coefficient (Wildman–Crippen LogP) is 4.72. The van der Waals surface area contributed by atoms with E-state index in [0.29, 0.717) is 5.75 Å². The smallest absolute Gasteiger partial charge is 0.407 e. The van der Waals surface area contributed by atoms with E-state index in [1.165, 1.54) is 0 Å². The molecule has 2 N–H and O–H groups in total. The average Bonchev–Trinajstić information content (AvgIpc) is 2.77. The molecule has 3 aromatic carbocycles. The minimum absolute atomic E-state index is 0.0365. The normalized spacial score (nSPS) is 10.4. The van der Waals surface area contributed by atoms with Crippen LogP contribution in [0.5, 0.6) is 5.75 Å². The molecular weight excluding hydrogens is 394 g/mol. The van der Waals surface area contributed by atoms with Crippen molar-refractivity contribution in [3.63, 3.8) is 0 Å². The topological polar surface area (TPSA) is 84.9 Å². The van der Waals surface area contributed by atoms with E-state index >= 15 is 0 Å². The zero-order valence-electron chi connectivity index (χ0n) is 17.6. The van der Waals surface area contributed by atoms with Gasteiger partial charge in [0.1, 0.15) is 12.4 Å². The molecule has 3 aromatic rings. The van der Waals surface area contributed by atoms with E-state index in [0.717, 1.165) is 33.4 Å². The van der Waals surface area contributed by atoms with E-state index in [1.54, 1.807) is 13.2 Å². The van der Waals surface area contributed by atoms with Crippen LogP contribution in [0.1, 0.15) is 22.3 Å². The first kappa shape index (κ1) is 21.9. The number of hydrogen-bond acceptors (Lipinski definition) is 4. The number of carboxylic acid groups (broad SMARTS) is 1. The number of aryl methyl sites for hydroxylation is 1. The Balaban J connectivity index is 1.67. The highest BCUT2D eigenvalue weighted by Crippen LogP contribution is 2.27. The van der Waals surface area contributed by atoms with Gasteiger partial charge in [-0.15, -0.1) is 0 Å². The van der Waals surface area contributed by atoms with Crippen LogP contribution in [0.15, 0.2) is 66.7 Å². The van der Waals surface area contributed by atoms with Crippen molar-refractivity contribution in [3.05, 3.63) is 89.0 Å². The number of alkyl carbamates (subject to hydrolysis) is 1. The van der Waals surface area contributed by atoms with E-state index in [9.17, 15) is 9.59 Å². The molecule has 0 aliphatic carbocycles. The van der Waals surface area contributed by atoms with Gasteiger partial charge in [0.25, 0.3) is 0 Å². The first-order valence-electron chi connectivity index (χ1n) is 9.89. The molecule has 0 heterocycles. The van der Waals surface area contributed by atoms with Crippen LogP contribution in [0.25, 0.3) is 11.1 Å². The molecule has 0 fully saturated rings. The highest BCUT2D eigenvalue weighted by molar-refractivity contribution is 5.73. The summed E-state index contributed by atoms with van der Waals surface area (Å²) in [5.41, 5.74) is 5.37. The Bertz CT molecular complexity index is 1060. The van der Waals surface area contributed by atoms with Gasteiger partial charge in [0, 0.05) is 12.1 Å². The Kier molecular flexibility index (Phi) is 7.27. The van der Waals surface area contributed by atoms with Gasteiger partial charge in [-0.3, -0.25) is 4.79 Å². The summed E-state index contributed by atoms with van der Waals surface area (Å²) in [5, 5.41) is 11.8. The summed E-state index contributed by atoms with van der Waals surface area (Å²) in [7, 11) is 1.57. The number of nitrogens with one attached hydrogen (secondary N) is 1. The number of aliphatic carboxylic acids is 1. The first-order valence-corrected chi connectivity index (χ1v) is 9.89. The van der Waals surface area contributed by atoms with E-state index < -0.39 is 12.1 Å². The number of methoxy groups -OCH3 is 1. The molecule has 3 rings (SSSR count). The Morgan fingerprint density at radius 2 is 1.68 bits per heavy atom. The molecule has 0 saturated heterocycles. The van der Waals surface area contributed by atoms with Crippen LogP contribution in [0.4, 0.5) is 4.79 Å². The van der Waals surface area contributed by atoms with Crippen LogP contribution in [0.3, 0.4) is 0 Å². The zero-order valence-corrected chi connectivity index (χ0v) is 17.6. The second kappa shape index (κ2) is 10.3. The first-order chi connectivity index (χ1) is 14.9. The minimum atomic E-state index is -0.874. The lowest BCUT2D eigenvalue weighted by molar-refractivity contribution is -0.136. The molecule has 0 aliphatic rings. The van der Waals surface area contributed by atoms with Crippen molar-refractivity contribution in [1.82, 2.24) is 5.32 Å². The fourth-order valence-corrected chi connectivity index (χ4v) is 3.18. The van der Waals surface area contributed by atoms with Gasteiger partial charge in [0.2, 0.25) is 0 Å². The number of hydrogen-bond donors (Lipinski definition) is 2. The summed E-state index contributed by atoms with van der Waals surface area (Å²) in [4.78, 5) is 23.1. The van der Waals surface area contributed by atoms with Crippen LogP contribution in [0, 0.1) is 6.92 Å². The van der Waals surface area contributed by atoms with Gasteiger partial charge in [0.15, 0.2) is 0 Å². The molecule has 0 atom stereocenters. The standard InChI is InChI=1S/C25H25NO5/c1-17-6-8-18(9-7-17)16-31-25(29)26-15-22-14-21(10-11-23(22)30-2)20-5-3-4-19(12-20)13-24(27)28/h3-12,14H,13,15-16H2,1-2H3,(H,26,29)(H,27,28). The van der Waals surface area contributed by atoms with Crippen LogP contribution < -0.4 is 10.1 Å². The van der Waals surface area contributed by atoms with Crippen molar-refractivity contribution < 1.29 is 24.2 Å². The Morgan fingerprint density at radius 1 is 0.935 bits per heavy atom. The molecule has 160 valence electrons. The number of carboxylic acids is 1. The maximum absolute atomic E-state index is 12.1. The number of amides is 1. The van der Waals surface area contributed by atoms with Crippen molar-refractivity contribution in [1.29, 1.82) is 0 Å². The lowest BCUT2D eigenvalue weighted by Crippen LogP contribution is -2.23. The lowest BCUT2D eigenvalue weighted by atomic mass is 9.99. The predicted molar refractivity (Wildman–Crippen MR) is 118 cm³/mol. The lowest BCUT2D eigenvalue weighted by Gasteiger charge is -2.13. The van der Waals surface area contributed by atoms with Gasteiger partial charge in [-0.25, -0.2) is 4.79 Å². The van der Waals surface area contributed by atoms with Gasteiger partial charge in [-0.2, -0.15) is 0 Å². The fourth-order valence-electron chi connectivity index (χ4n) is 3.18. The van der Waals surface area contributed by atoms with Crippen LogP contribution in [0.2, 0.25) is 0 Å². The molecule has 0 aromatic heterocycles. The molecule has 31 heavy (non-hydrogen) atoms. The second-order valence-electron chi connectivity index (χ2n) is 7.21. The van der Waals surface area contributed by atoms with Gasteiger partial charge >= 0.3 is 12.1 Å². The maximum Gasteiger partial charge on any atom is 0.407 e. The summed E-state index contributed by atoms with van der Waals surface area (Å²) in [5.74, 6) is -0.231. The van der Waals surface area contributed by atoms with Gasteiger partial charge in [0.05, 0.1) is 13.5 Å². The van der Waals surface area contributed by atoms with Crippen molar-refractivity contribution in [2.24, 2.45) is 0 Å². The van der Waals surface area contributed by atoms with Crippen molar-refractivity contribution in [2.75, 3.05) is 7.11 Å². The SMILES string of the molecule is COc1ccc(-c2cccc(CC(=O)O)c2)cc1CNC(=O)OCc1ccc(C)cc1.